The van der Waals surface area contributed by atoms with Gasteiger partial charge in [-0.2, -0.15) is 5.10 Å². The van der Waals surface area contributed by atoms with E-state index >= 15 is 0 Å². The Morgan fingerprint density at radius 3 is 2.57 bits per heavy atom. The van der Waals surface area contributed by atoms with Crippen molar-refractivity contribution in [3.63, 3.8) is 0 Å². The molecule has 0 radical (unpaired) electrons. The molecule has 1 heterocycles. The maximum atomic E-state index is 12.4. The van der Waals surface area contributed by atoms with Gasteiger partial charge in [-0.05, 0) is 0 Å². The summed E-state index contributed by atoms with van der Waals surface area (Å²) in [5, 5.41) is 3.44. The van der Waals surface area contributed by atoms with Crippen molar-refractivity contribution in [2.45, 2.75) is 11.3 Å². The highest BCUT2D eigenvalue weighted by Crippen LogP contribution is 2.23. The van der Waals surface area contributed by atoms with Gasteiger partial charge >= 0.3 is 0 Å². The maximum Gasteiger partial charge on any atom is 0.282 e. The first kappa shape index (κ1) is 11.4. The van der Waals surface area contributed by atoms with Crippen LogP contribution >= 0.6 is 23.2 Å². The van der Waals surface area contributed by atoms with Crippen LogP contribution in [0.3, 0.4) is 0 Å². The van der Waals surface area contributed by atoms with Gasteiger partial charge in [0.15, 0.2) is 10.6 Å². The molecule has 14 heavy (non-hydrogen) atoms. The predicted molar refractivity (Wildman–Crippen MR) is 48.0 cm³/mol. The van der Waals surface area contributed by atoms with Crippen LogP contribution in [0.4, 0.5) is 8.78 Å². The average Bonchev–Trinajstić information content (AvgIpc) is 2.45. The van der Waals surface area contributed by atoms with E-state index in [0.717, 1.165) is 4.68 Å². The summed E-state index contributed by atoms with van der Waals surface area (Å²) >= 11 is 10.6. The van der Waals surface area contributed by atoms with Crippen molar-refractivity contribution in [1.82, 2.24) is 9.78 Å². The van der Waals surface area contributed by atoms with Crippen LogP contribution in [0.15, 0.2) is 6.20 Å². The van der Waals surface area contributed by atoms with Crippen LogP contribution in [0.5, 0.6) is 0 Å². The van der Waals surface area contributed by atoms with Crippen molar-refractivity contribution in [1.29, 1.82) is 0 Å². The Morgan fingerprint density at radius 2 is 2.14 bits per heavy atom. The molecule has 1 aromatic heterocycles. The summed E-state index contributed by atoms with van der Waals surface area (Å²) in [6.45, 7) is 0. The molecule has 3 nitrogen and oxygen atoms in total. The van der Waals surface area contributed by atoms with Gasteiger partial charge < -0.3 is 0 Å². The molecule has 7 heteroatoms. The first-order valence-electron chi connectivity index (χ1n) is 3.57. The van der Waals surface area contributed by atoms with E-state index in [1.807, 2.05) is 0 Å². The van der Waals surface area contributed by atoms with Crippen molar-refractivity contribution >= 4 is 29.0 Å². The molecule has 78 valence electrons. The summed E-state index contributed by atoms with van der Waals surface area (Å²) in [6, 6.07) is 0. The fourth-order valence-corrected chi connectivity index (χ4v) is 1.21. The van der Waals surface area contributed by atoms with E-state index in [1.54, 1.807) is 0 Å². The van der Waals surface area contributed by atoms with Gasteiger partial charge in [-0.3, -0.25) is 9.48 Å². The number of aromatic nitrogens is 2. The fraction of sp³-hybridized carbons (Fsp3) is 0.429. The number of halogens is 4. The van der Waals surface area contributed by atoms with E-state index < -0.39 is 22.7 Å². The number of hydrogen-bond acceptors (Lipinski definition) is 2. The first-order chi connectivity index (χ1) is 6.43. The number of hydrogen-bond donors (Lipinski definition) is 0. The highest BCUT2D eigenvalue weighted by molar-refractivity contribution is 6.55. The van der Waals surface area contributed by atoms with Crippen molar-refractivity contribution in [3.8, 4) is 0 Å². The van der Waals surface area contributed by atoms with Gasteiger partial charge in [0.1, 0.15) is 5.69 Å². The molecule has 0 unspecified atom stereocenters. The predicted octanol–water partition coefficient (Wildman–Crippen LogP) is 2.34. The molecule has 0 atom stereocenters. The number of Topliss-reactive ketones (excluding diaryl/α,β-unsaturated/α-hetero) is 1. The zero-order chi connectivity index (χ0) is 10.9. The largest absolute Gasteiger partial charge is 0.291 e. The lowest BCUT2D eigenvalue weighted by molar-refractivity contribution is 0.0991. The van der Waals surface area contributed by atoms with Gasteiger partial charge in [-0.15, -0.1) is 0 Å². The van der Waals surface area contributed by atoms with Crippen LogP contribution in [0, 0.1) is 0 Å². The molecule has 0 saturated heterocycles. The Bertz CT molecular complexity index is 351. The quantitative estimate of drug-likeness (QED) is 0.603. The second-order valence-electron chi connectivity index (χ2n) is 2.57. The van der Waals surface area contributed by atoms with Gasteiger partial charge in [-0.25, -0.2) is 8.78 Å². The van der Waals surface area contributed by atoms with Gasteiger partial charge in [0.05, 0.1) is 5.56 Å². The number of aryl methyl sites for hydroxylation is 1. The number of carbonyl (C=O) groups is 1. The summed E-state index contributed by atoms with van der Waals surface area (Å²) in [4.78, 5) is 9.88. The van der Waals surface area contributed by atoms with Crippen LogP contribution in [-0.2, 0) is 7.05 Å². The fourth-order valence-electron chi connectivity index (χ4n) is 0.974. The molecular formula is C7H6Cl2F2N2O. The lowest BCUT2D eigenvalue weighted by Gasteiger charge is -1.99. The molecule has 0 N–H and O–H groups in total. The molecule has 0 saturated carbocycles. The second-order valence-corrected chi connectivity index (χ2v) is 3.66. The molecule has 0 aliphatic heterocycles. The number of carbonyl (C=O) groups excluding carboxylic acids is 1. The zero-order valence-corrected chi connectivity index (χ0v) is 8.56. The highest BCUT2D eigenvalue weighted by Gasteiger charge is 2.25. The summed E-state index contributed by atoms with van der Waals surface area (Å²) in [7, 11) is 1.43. The van der Waals surface area contributed by atoms with E-state index in [1.165, 1.54) is 13.2 Å². The first-order valence-corrected chi connectivity index (χ1v) is 4.44. The van der Waals surface area contributed by atoms with Gasteiger partial charge in [0, 0.05) is 13.2 Å². The van der Waals surface area contributed by atoms with Crippen LogP contribution in [0.25, 0.3) is 0 Å². The molecule has 1 aromatic rings. The van der Waals surface area contributed by atoms with Gasteiger partial charge in [0.2, 0.25) is 0 Å². The molecule has 0 aliphatic rings. The average molecular weight is 243 g/mol. The third-order valence-electron chi connectivity index (χ3n) is 1.53. The Morgan fingerprint density at radius 1 is 1.57 bits per heavy atom. The summed E-state index contributed by atoms with van der Waals surface area (Å²) in [5.74, 6) is -0.767. The summed E-state index contributed by atoms with van der Waals surface area (Å²) < 4.78 is 25.8. The smallest absolute Gasteiger partial charge is 0.282 e. The second kappa shape index (κ2) is 4.23. The lowest BCUT2D eigenvalue weighted by atomic mass is 10.2. The van der Waals surface area contributed by atoms with Crippen molar-refractivity contribution in [2.24, 2.45) is 7.05 Å². The topological polar surface area (TPSA) is 34.9 Å². The molecule has 0 aliphatic carbocycles. The number of ketones is 1. The normalized spacial score (nSPS) is 11.4. The van der Waals surface area contributed by atoms with E-state index in [-0.39, 0.29) is 5.56 Å². The van der Waals surface area contributed by atoms with Gasteiger partial charge in [0.25, 0.3) is 6.43 Å². The SMILES string of the molecule is Cn1cc(C(=O)C(Cl)Cl)c(C(F)F)n1. The standard InChI is InChI=1S/C7H6Cl2F2N2O/c1-13-2-3(5(14)6(8)9)4(12-13)7(10)11/h2,6-7H,1H3. The van der Waals surface area contributed by atoms with Crippen molar-refractivity contribution in [2.75, 3.05) is 0 Å². The zero-order valence-electron chi connectivity index (χ0n) is 7.05. The lowest BCUT2D eigenvalue weighted by Crippen LogP contribution is -2.09. The Kier molecular flexibility index (Phi) is 3.44. The van der Waals surface area contributed by atoms with E-state index in [4.69, 9.17) is 23.2 Å². The van der Waals surface area contributed by atoms with E-state index in [2.05, 4.69) is 5.10 Å². The third kappa shape index (κ3) is 2.22. The van der Waals surface area contributed by atoms with Gasteiger partial charge in [-0.1, -0.05) is 23.2 Å². The van der Waals surface area contributed by atoms with Crippen LogP contribution in [-0.4, -0.2) is 20.4 Å². The van der Waals surface area contributed by atoms with Crippen LogP contribution < -0.4 is 0 Å². The number of nitrogens with zero attached hydrogens (tertiary/aromatic N) is 2. The minimum atomic E-state index is -2.82. The molecule has 0 aromatic carbocycles. The molecule has 1 rings (SSSR count). The highest BCUT2D eigenvalue weighted by atomic mass is 35.5. The molecule has 0 spiro atoms. The summed E-state index contributed by atoms with van der Waals surface area (Å²) in [5.41, 5.74) is -0.832. The third-order valence-corrected chi connectivity index (χ3v) is 1.92. The van der Waals surface area contributed by atoms with E-state index in [9.17, 15) is 13.6 Å². The molecular weight excluding hydrogens is 237 g/mol. The minimum absolute atomic E-state index is 0.238. The minimum Gasteiger partial charge on any atom is -0.291 e. The van der Waals surface area contributed by atoms with Crippen molar-refractivity contribution < 1.29 is 13.6 Å². The van der Waals surface area contributed by atoms with Crippen LogP contribution in [0.2, 0.25) is 0 Å². The Hall–Kier alpha value is -0.680. The van der Waals surface area contributed by atoms with Crippen LogP contribution in [0.1, 0.15) is 22.5 Å². The molecule has 0 bridgehead atoms. The van der Waals surface area contributed by atoms with Crippen molar-refractivity contribution in [3.05, 3.63) is 17.5 Å². The monoisotopic (exact) mass is 242 g/mol. The number of alkyl halides is 4. The Balaban J connectivity index is 3.13. The number of rotatable bonds is 3. The van der Waals surface area contributed by atoms with E-state index in [0.29, 0.717) is 0 Å². The Labute approximate surface area is 88.6 Å². The molecule has 0 amide bonds. The molecule has 0 fully saturated rings. The summed E-state index contributed by atoms with van der Waals surface area (Å²) in [6.07, 6.45) is -1.65. The maximum absolute atomic E-state index is 12.4.